The molecule has 17 heavy (non-hydrogen) atoms. The molecule has 1 aliphatic rings. The Balaban J connectivity index is 1.96. The number of hydrogen-bond donors (Lipinski definition) is 1. The van der Waals surface area contributed by atoms with Crippen molar-refractivity contribution in [2.45, 2.75) is 45.2 Å². The van der Waals surface area contributed by atoms with Gasteiger partial charge in [0, 0.05) is 23.8 Å². The van der Waals surface area contributed by atoms with E-state index < -0.39 is 0 Å². The van der Waals surface area contributed by atoms with Crippen molar-refractivity contribution in [3.8, 4) is 0 Å². The van der Waals surface area contributed by atoms with Gasteiger partial charge in [0.15, 0.2) is 0 Å². The second-order valence-electron chi connectivity index (χ2n) is 5.75. The lowest BCUT2D eigenvalue weighted by atomic mass is 9.99. The van der Waals surface area contributed by atoms with E-state index in [1.54, 1.807) is 0 Å². The molecule has 0 fully saturated rings. The van der Waals surface area contributed by atoms with Crippen LogP contribution in [0.15, 0.2) is 24.3 Å². The molecule has 1 aliphatic heterocycles. The zero-order valence-corrected chi connectivity index (χ0v) is 11.5. The molecule has 1 unspecified atom stereocenters. The third-order valence-electron chi connectivity index (χ3n) is 4.24. The second-order valence-corrected chi connectivity index (χ2v) is 5.75. The highest BCUT2D eigenvalue weighted by molar-refractivity contribution is 5.56. The molecular formula is C15H24N2. The van der Waals surface area contributed by atoms with Crippen LogP contribution in [0.25, 0.3) is 0 Å². The molecule has 0 radical (unpaired) electrons. The summed E-state index contributed by atoms with van der Waals surface area (Å²) in [5.41, 5.74) is 3.07. The molecule has 0 amide bonds. The maximum atomic E-state index is 3.62. The molecule has 0 saturated heterocycles. The van der Waals surface area contributed by atoms with Crippen molar-refractivity contribution in [1.82, 2.24) is 4.90 Å². The quantitative estimate of drug-likeness (QED) is 0.858. The summed E-state index contributed by atoms with van der Waals surface area (Å²) in [6, 6.07) is 9.20. The van der Waals surface area contributed by atoms with Gasteiger partial charge in [0.05, 0.1) is 0 Å². The summed E-state index contributed by atoms with van der Waals surface area (Å²) >= 11 is 0. The fraction of sp³-hybridized carbons (Fsp3) is 0.600. The highest BCUT2D eigenvalue weighted by Gasteiger charge is 2.26. The fourth-order valence-corrected chi connectivity index (χ4v) is 2.33. The molecule has 0 bridgehead atoms. The van der Waals surface area contributed by atoms with Crippen molar-refractivity contribution in [1.29, 1.82) is 0 Å². The molecule has 1 atom stereocenters. The number of para-hydroxylation sites is 1. The van der Waals surface area contributed by atoms with Crippen LogP contribution in [0.4, 0.5) is 5.69 Å². The van der Waals surface area contributed by atoms with Crippen LogP contribution in [0, 0.1) is 0 Å². The second kappa shape index (κ2) is 4.69. The minimum atomic E-state index is 0.288. The summed E-state index contributed by atoms with van der Waals surface area (Å²) in [5, 5.41) is 3.62. The van der Waals surface area contributed by atoms with Gasteiger partial charge >= 0.3 is 0 Å². The van der Waals surface area contributed by atoms with Crippen molar-refractivity contribution in [3.63, 3.8) is 0 Å². The maximum Gasteiger partial charge on any atom is 0.0429 e. The van der Waals surface area contributed by atoms with Gasteiger partial charge in [0.25, 0.3) is 0 Å². The normalized spacial score (nSPS) is 19.2. The van der Waals surface area contributed by atoms with Gasteiger partial charge in [-0.05, 0) is 45.4 Å². The smallest absolute Gasteiger partial charge is 0.0429 e. The van der Waals surface area contributed by atoms with E-state index in [4.69, 9.17) is 0 Å². The highest BCUT2D eigenvalue weighted by atomic mass is 15.2. The predicted molar refractivity (Wildman–Crippen MR) is 74.6 cm³/mol. The minimum Gasteiger partial charge on any atom is -0.380 e. The average Bonchev–Trinajstić information content (AvgIpc) is 2.70. The summed E-state index contributed by atoms with van der Waals surface area (Å²) in [4.78, 5) is 2.47. The molecule has 0 aliphatic carbocycles. The Hall–Kier alpha value is -1.02. The number of fused-ring (bicyclic) bond motifs is 1. The zero-order valence-electron chi connectivity index (χ0n) is 11.5. The van der Waals surface area contributed by atoms with E-state index in [1.165, 1.54) is 17.7 Å². The molecule has 1 N–H and O–H groups in total. The van der Waals surface area contributed by atoms with E-state index in [-0.39, 0.29) is 5.54 Å². The maximum absolute atomic E-state index is 3.62. The summed E-state index contributed by atoms with van der Waals surface area (Å²) in [7, 11) is 2.23. The number of benzene rings is 1. The Morgan fingerprint density at radius 3 is 2.71 bits per heavy atom. The van der Waals surface area contributed by atoms with Crippen LogP contribution in [-0.2, 0) is 6.42 Å². The Labute approximate surface area is 105 Å². The van der Waals surface area contributed by atoms with Crippen LogP contribution in [0.3, 0.4) is 0 Å². The summed E-state index contributed by atoms with van der Waals surface area (Å²) in [6.45, 7) is 7.99. The van der Waals surface area contributed by atoms with Crippen LogP contribution in [-0.4, -0.2) is 30.1 Å². The number of anilines is 1. The van der Waals surface area contributed by atoms with E-state index in [2.05, 4.69) is 62.3 Å². The number of rotatable bonds is 4. The molecule has 0 aromatic heterocycles. The number of nitrogens with one attached hydrogen (secondary N) is 1. The first-order valence-corrected chi connectivity index (χ1v) is 6.58. The first kappa shape index (κ1) is 12.4. The van der Waals surface area contributed by atoms with Gasteiger partial charge in [-0.1, -0.05) is 25.1 Å². The first-order valence-electron chi connectivity index (χ1n) is 6.58. The van der Waals surface area contributed by atoms with Crippen molar-refractivity contribution in [2.75, 3.05) is 18.9 Å². The molecule has 1 aromatic rings. The molecule has 1 heterocycles. The van der Waals surface area contributed by atoms with Crippen molar-refractivity contribution >= 4 is 5.69 Å². The lowest BCUT2D eigenvalue weighted by Crippen LogP contribution is -2.45. The number of nitrogens with zero attached hydrogens (tertiary/aromatic N) is 1. The van der Waals surface area contributed by atoms with Crippen molar-refractivity contribution < 1.29 is 0 Å². The third kappa shape index (κ3) is 2.63. The molecule has 0 spiro atoms. The summed E-state index contributed by atoms with van der Waals surface area (Å²) < 4.78 is 0. The van der Waals surface area contributed by atoms with Gasteiger partial charge in [-0.2, -0.15) is 0 Å². The number of hydrogen-bond acceptors (Lipinski definition) is 2. The topological polar surface area (TPSA) is 15.3 Å². The molecule has 2 nitrogen and oxygen atoms in total. The summed E-state index contributed by atoms with van der Waals surface area (Å²) in [5.74, 6) is 0. The molecule has 2 rings (SSSR count). The predicted octanol–water partition coefficient (Wildman–Crippen LogP) is 3.14. The van der Waals surface area contributed by atoms with Crippen molar-refractivity contribution in [2.24, 2.45) is 0 Å². The van der Waals surface area contributed by atoms with Gasteiger partial charge in [-0.3, -0.25) is 4.90 Å². The molecular weight excluding hydrogens is 208 g/mol. The van der Waals surface area contributed by atoms with Gasteiger partial charge < -0.3 is 5.32 Å². The Morgan fingerprint density at radius 2 is 2.06 bits per heavy atom. The van der Waals surface area contributed by atoms with Crippen LogP contribution in [0.5, 0.6) is 0 Å². The first-order chi connectivity index (χ1) is 8.03. The van der Waals surface area contributed by atoms with Crippen molar-refractivity contribution in [3.05, 3.63) is 29.8 Å². The van der Waals surface area contributed by atoms with Gasteiger partial charge in [0.1, 0.15) is 0 Å². The summed E-state index contributed by atoms with van der Waals surface area (Å²) in [6.07, 6.45) is 2.34. The monoisotopic (exact) mass is 232 g/mol. The van der Waals surface area contributed by atoms with Crippen LogP contribution in [0.2, 0.25) is 0 Å². The lowest BCUT2D eigenvalue weighted by Gasteiger charge is -2.36. The van der Waals surface area contributed by atoms with Crippen LogP contribution in [0.1, 0.15) is 32.8 Å². The molecule has 0 saturated carbocycles. The van der Waals surface area contributed by atoms with E-state index in [1.807, 2.05) is 0 Å². The van der Waals surface area contributed by atoms with Gasteiger partial charge in [-0.25, -0.2) is 0 Å². The van der Waals surface area contributed by atoms with E-state index in [0.29, 0.717) is 6.04 Å². The zero-order chi connectivity index (χ0) is 12.5. The Morgan fingerprint density at radius 1 is 1.35 bits per heavy atom. The lowest BCUT2D eigenvalue weighted by molar-refractivity contribution is 0.146. The standard InChI is InChI=1S/C15H24N2/c1-5-15(2,3)17(4)11-13-10-12-8-6-7-9-14(12)16-13/h6-9,13,16H,5,10-11H2,1-4H3. The Bertz CT molecular complexity index is 359. The largest absolute Gasteiger partial charge is 0.380 e. The fourth-order valence-electron chi connectivity index (χ4n) is 2.33. The Kier molecular flexibility index (Phi) is 3.43. The molecule has 94 valence electrons. The van der Waals surface area contributed by atoms with Gasteiger partial charge in [-0.15, -0.1) is 0 Å². The van der Waals surface area contributed by atoms with E-state index >= 15 is 0 Å². The third-order valence-corrected chi connectivity index (χ3v) is 4.24. The highest BCUT2D eigenvalue weighted by Crippen LogP contribution is 2.26. The van der Waals surface area contributed by atoms with Gasteiger partial charge in [0.2, 0.25) is 0 Å². The number of likely N-dealkylation sites (N-methyl/N-ethyl adjacent to an activating group) is 1. The molecule has 2 heteroatoms. The SMILES string of the molecule is CCC(C)(C)N(C)CC1Cc2ccccc2N1. The average molecular weight is 232 g/mol. The molecule has 1 aromatic carbocycles. The van der Waals surface area contributed by atoms with E-state index in [0.717, 1.165) is 13.0 Å². The van der Waals surface area contributed by atoms with E-state index in [9.17, 15) is 0 Å². The van der Waals surface area contributed by atoms with Crippen LogP contribution < -0.4 is 5.32 Å². The minimum absolute atomic E-state index is 0.288. The van der Waals surface area contributed by atoms with Crippen LogP contribution >= 0.6 is 0 Å².